The van der Waals surface area contributed by atoms with E-state index in [-0.39, 0.29) is 11.9 Å². The highest BCUT2D eigenvalue weighted by molar-refractivity contribution is 6.31. The van der Waals surface area contributed by atoms with Crippen LogP contribution in [0.2, 0.25) is 5.15 Å². The maximum Gasteiger partial charge on any atom is 0.228 e. The zero-order valence-corrected chi connectivity index (χ0v) is 19.1. The number of anilines is 3. The summed E-state index contributed by atoms with van der Waals surface area (Å²) in [6.45, 7) is 7.15. The Hall–Kier alpha value is -3.04. The zero-order valence-electron chi connectivity index (χ0n) is 18.4. The van der Waals surface area contributed by atoms with Crippen molar-refractivity contribution in [2.45, 2.75) is 13.0 Å². The summed E-state index contributed by atoms with van der Waals surface area (Å²) < 4.78 is 19.0. The number of ether oxygens (including phenoxy) is 1. The number of morpholine rings is 1. The highest BCUT2D eigenvalue weighted by atomic mass is 35.5. The van der Waals surface area contributed by atoms with Gasteiger partial charge in [-0.25, -0.2) is 19.3 Å². The maximum atomic E-state index is 13.5. The lowest BCUT2D eigenvalue weighted by Crippen LogP contribution is -2.53. The summed E-state index contributed by atoms with van der Waals surface area (Å²) in [6.07, 6.45) is 3.25. The molecule has 1 unspecified atom stereocenters. The van der Waals surface area contributed by atoms with Crippen molar-refractivity contribution in [3.05, 3.63) is 53.7 Å². The van der Waals surface area contributed by atoms with Crippen molar-refractivity contribution in [1.29, 1.82) is 0 Å². The van der Waals surface area contributed by atoms with Crippen LogP contribution in [0.5, 0.6) is 0 Å². The molecule has 172 valence electrons. The van der Waals surface area contributed by atoms with E-state index >= 15 is 0 Å². The fraction of sp³-hybridized carbons (Fsp3) is 0.391. The van der Waals surface area contributed by atoms with Crippen LogP contribution in [0.25, 0.3) is 11.3 Å². The second-order valence-corrected chi connectivity index (χ2v) is 8.53. The van der Waals surface area contributed by atoms with E-state index in [2.05, 4.69) is 31.6 Å². The molecule has 5 rings (SSSR count). The molecule has 8 nitrogen and oxygen atoms in total. The van der Waals surface area contributed by atoms with Crippen LogP contribution in [0.3, 0.4) is 0 Å². The van der Waals surface area contributed by atoms with Gasteiger partial charge in [0.05, 0.1) is 18.9 Å². The maximum absolute atomic E-state index is 13.5. The third kappa shape index (κ3) is 4.69. The van der Waals surface area contributed by atoms with Crippen LogP contribution >= 0.6 is 11.6 Å². The lowest BCUT2D eigenvalue weighted by molar-refractivity contribution is 0.122. The fourth-order valence-corrected chi connectivity index (χ4v) is 4.48. The van der Waals surface area contributed by atoms with Crippen LogP contribution in [0.1, 0.15) is 6.92 Å². The molecule has 10 heteroatoms. The summed E-state index contributed by atoms with van der Waals surface area (Å²) in [5.74, 6) is 1.95. The Morgan fingerprint density at radius 2 is 1.73 bits per heavy atom. The van der Waals surface area contributed by atoms with Gasteiger partial charge in [0, 0.05) is 62.8 Å². The Bertz CT molecular complexity index is 1110. The van der Waals surface area contributed by atoms with Gasteiger partial charge in [0.2, 0.25) is 5.95 Å². The van der Waals surface area contributed by atoms with Gasteiger partial charge in [0.25, 0.3) is 0 Å². The minimum absolute atomic E-state index is 0.158. The van der Waals surface area contributed by atoms with Gasteiger partial charge in [0.1, 0.15) is 11.6 Å². The first kappa shape index (κ1) is 21.8. The first-order valence-electron chi connectivity index (χ1n) is 11.0. The monoisotopic (exact) mass is 469 g/mol. The molecule has 0 spiro atoms. The second kappa shape index (κ2) is 9.44. The smallest absolute Gasteiger partial charge is 0.228 e. The van der Waals surface area contributed by atoms with Gasteiger partial charge in [-0.2, -0.15) is 4.98 Å². The number of hydrogen-bond acceptors (Lipinski definition) is 8. The third-order valence-electron chi connectivity index (χ3n) is 5.99. The minimum atomic E-state index is -0.270. The SMILES string of the molecule is CC1CN(c2nccnc2Cl)CCN1c1cc(-c2ccc(F)cc2)nc(N2CCOCC2)n1. The summed E-state index contributed by atoms with van der Waals surface area (Å²) in [7, 11) is 0. The molecule has 0 radical (unpaired) electrons. The van der Waals surface area contributed by atoms with Crippen molar-refractivity contribution >= 4 is 29.2 Å². The van der Waals surface area contributed by atoms with Crippen molar-refractivity contribution in [3.8, 4) is 11.3 Å². The van der Waals surface area contributed by atoms with Crippen LogP contribution < -0.4 is 14.7 Å². The average molecular weight is 470 g/mol. The van der Waals surface area contributed by atoms with Gasteiger partial charge in [0.15, 0.2) is 11.0 Å². The number of benzene rings is 1. The van der Waals surface area contributed by atoms with E-state index in [4.69, 9.17) is 26.3 Å². The van der Waals surface area contributed by atoms with Crippen LogP contribution in [0.4, 0.5) is 22.0 Å². The zero-order chi connectivity index (χ0) is 22.8. The van der Waals surface area contributed by atoms with Gasteiger partial charge >= 0.3 is 0 Å². The predicted octanol–water partition coefficient (Wildman–Crippen LogP) is 3.28. The molecule has 0 bridgehead atoms. The predicted molar refractivity (Wildman–Crippen MR) is 127 cm³/mol. The number of hydrogen-bond donors (Lipinski definition) is 0. The number of piperazine rings is 1. The van der Waals surface area contributed by atoms with E-state index < -0.39 is 0 Å². The van der Waals surface area contributed by atoms with Crippen molar-refractivity contribution in [1.82, 2.24) is 19.9 Å². The van der Waals surface area contributed by atoms with Crippen molar-refractivity contribution in [2.75, 3.05) is 60.6 Å². The first-order chi connectivity index (χ1) is 16.1. The second-order valence-electron chi connectivity index (χ2n) is 8.18. The third-order valence-corrected chi connectivity index (χ3v) is 6.26. The summed E-state index contributed by atoms with van der Waals surface area (Å²) in [4.78, 5) is 24.9. The van der Waals surface area contributed by atoms with Crippen LogP contribution in [-0.4, -0.2) is 71.9 Å². The van der Waals surface area contributed by atoms with Gasteiger partial charge in [-0.1, -0.05) is 11.6 Å². The largest absolute Gasteiger partial charge is 0.378 e. The number of aromatic nitrogens is 4. The van der Waals surface area contributed by atoms with Gasteiger partial charge in [-0.05, 0) is 31.2 Å². The van der Waals surface area contributed by atoms with E-state index in [1.54, 1.807) is 24.5 Å². The summed E-state index contributed by atoms with van der Waals surface area (Å²) in [5, 5.41) is 0.411. The van der Waals surface area contributed by atoms with Gasteiger partial charge < -0.3 is 19.4 Å². The molecule has 0 amide bonds. The first-order valence-corrected chi connectivity index (χ1v) is 11.4. The lowest BCUT2D eigenvalue weighted by Gasteiger charge is -2.41. The van der Waals surface area contributed by atoms with E-state index in [0.717, 1.165) is 49.8 Å². The molecule has 2 fully saturated rings. The van der Waals surface area contributed by atoms with Gasteiger partial charge in [-0.3, -0.25) is 0 Å². The fourth-order valence-electron chi connectivity index (χ4n) is 4.26. The van der Waals surface area contributed by atoms with E-state index in [1.807, 2.05) is 6.07 Å². The molecule has 3 aromatic rings. The Kier molecular flexibility index (Phi) is 6.24. The molecule has 2 aliphatic heterocycles. The molecule has 2 aliphatic rings. The van der Waals surface area contributed by atoms with Crippen LogP contribution in [-0.2, 0) is 4.74 Å². The number of rotatable bonds is 4. The summed E-state index contributed by atoms with van der Waals surface area (Å²) in [5.41, 5.74) is 1.63. The van der Waals surface area contributed by atoms with Crippen molar-refractivity contribution in [2.24, 2.45) is 0 Å². The number of nitrogens with zero attached hydrogens (tertiary/aromatic N) is 7. The molecular formula is C23H25ClFN7O. The lowest BCUT2D eigenvalue weighted by atomic mass is 10.1. The quantitative estimate of drug-likeness (QED) is 0.576. The molecular weight excluding hydrogens is 445 g/mol. The average Bonchev–Trinajstić information content (AvgIpc) is 2.85. The topological polar surface area (TPSA) is 70.5 Å². The molecule has 4 heterocycles. The molecule has 1 aromatic carbocycles. The Balaban J connectivity index is 1.46. The molecule has 0 saturated carbocycles. The Morgan fingerprint density at radius 3 is 2.45 bits per heavy atom. The molecule has 0 N–H and O–H groups in total. The van der Waals surface area contributed by atoms with Crippen molar-refractivity contribution in [3.63, 3.8) is 0 Å². The molecule has 2 aromatic heterocycles. The Morgan fingerprint density at radius 1 is 0.970 bits per heavy atom. The molecule has 1 atom stereocenters. The van der Waals surface area contributed by atoms with Gasteiger partial charge in [-0.15, -0.1) is 0 Å². The standard InChI is InChI=1S/C23H25ClFN7O/c1-16-15-31(22-21(24)26-6-7-27-22)8-9-32(16)20-14-19(17-2-4-18(25)5-3-17)28-23(29-20)30-10-12-33-13-11-30/h2-7,14,16H,8-13,15H2,1H3. The highest BCUT2D eigenvalue weighted by Gasteiger charge is 2.28. The van der Waals surface area contributed by atoms with Crippen LogP contribution in [0, 0.1) is 5.82 Å². The summed E-state index contributed by atoms with van der Waals surface area (Å²) >= 11 is 6.27. The minimum Gasteiger partial charge on any atom is -0.378 e. The van der Waals surface area contributed by atoms with Crippen molar-refractivity contribution < 1.29 is 9.13 Å². The van der Waals surface area contributed by atoms with E-state index in [1.165, 1.54) is 12.1 Å². The molecule has 0 aliphatic carbocycles. The number of halogens is 2. The van der Waals surface area contributed by atoms with E-state index in [9.17, 15) is 4.39 Å². The normalized spacial score (nSPS) is 19.1. The van der Waals surface area contributed by atoms with Crippen LogP contribution in [0.15, 0.2) is 42.7 Å². The van der Waals surface area contributed by atoms with E-state index in [0.29, 0.717) is 30.1 Å². The molecule has 33 heavy (non-hydrogen) atoms. The Labute approximate surface area is 197 Å². The molecule has 2 saturated heterocycles. The highest BCUT2D eigenvalue weighted by Crippen LogP contribution is 2.29. The summed E-state index contributed by atoms with van der Waals surface area (Å²) in [6, 6.07) is 8.56.